The second-order valence-corrected chi connectivity index (χ2v) is 15.2. The van der Waals surface area contributed by atoms with Gasteiger partial charge in [-0.2, -0.15) is 0 Å². The second kappa shape index (κ2) is 16.2. The number of carbonyl (C=O) groups is 2. The molecule has 0 heterocycles. The molecule has 4 aromatic carbocycles. The third-order valence-electron chi connectivity index (χ3n) is 8.64. The lowest BCUT2D eigenvalue weighted by Crippen LogP contribution is -2.55. The molecule has 7 nitrogen and oxygen atoms in total. The van der Waals surface area contributed by atoms with E-state index in [0.29, 0.717) is 31.9 Å². The lowest BCUT2D eigenvalue weighted by atomic mass is 9.94. The molecule has 252 valence electrons. The Balaban J connectivity index is 1.59. The average molecular weight is 727 g/mol. The summed E-state index contributed by atoms with van der Waals surface area (Å²) in [7, 11) is -4.25. The molecule has 1 aliphatic carbocycles. The van der Waals surface area contributed by atoms with Gasteiger partial charge in [0.05, 0.1) is 10.6 Å². The van der Waals surface area contributed by atoms with Crippen LogP contribution in [-0.2, 0) is 32.6 Å². The molecule has 0 spiro atoms. The van der Waals surface area contributed by atoms with Gasteiger partial charge >= 0.3 is 0 Å². The summed E-state index contributed by atoms with van der Waals surface area (Å²) in [6.45, 7) is 1.17. The van der Waals surface area contributed by atoms with E-state index >= 15 is 0 Å². The maximum atomic E-state index is 14.7. The zero-order chi connectivity index (χ0) is 34.3. The van der Waals surface area contributed by atoms with E-state index in [1.54, 1.807) is 49.4 Å². The Hall–Kier alpha value is -3.56. The van der Waals surface area contributed by atoms with Gasteiger partial charge in [0.1, 0.15) is 12.6 Å². The molecule has 0 unspecified atom stereocenters. The fraction of sp³-hybridized carbons (Fsp3) is 0.297. The minimum absolute atomic E-state index is 0.00524. The smallest absolute Gasteiger partial charge is 0.264 e. The molecular formula is C37H38Cl3N3O4S. The number of hydrogen-bond acceptors (Lipinski definition) is 4. The SMILES string of the molecule is Cc1ccccc1N(CC(=O)N(Cc1ccc(Cl)cc1Cl)[C@H](Cc1ccccc1)C(=O)NC1CCCCC1)S(=O)(=O)c1ccc(Cl)cc1. The van der Waals surface area contributed by atoms with Crippen molar-refractivity contribution >= 4 is 62.3 Å². The number of nitrogens with one attached hydrogen (secondary N) is 1. The molecule has 1 N–H and O–H groups in total. The van der Waals surface area contributed by atoms with Crippen molar-refractivity contribution in [3.8, 4) is 0 Å². The Labute approximate surface area is 297 Å². The molecule has 0 bridgehead atoms. The molecule has 1 atom stereocenters. The molecule has 4 aromatic rings. The van der Waals surface area contributed by atoms with Crippen LogP contribution in [0.2, 0.25) is 15.1 Å². The summed E-state index contributed by atoms with van der Waals surface area (Å²) in [4.78, 5) is 30.4. The van der Waals surface area contributed by atoms with Gasteiger partial charge in [-0.25, -0.2) is 8.42 Å². The van der Waals surface area contributed by atoms with E-state index in [4.69, 9.17) is 34.8 Å². The first kappa shape index (κ1) is 35.7. The van der Waals surface area contributed by atoms with Crippen molar-refractivity contribution in [1.82, 2.24) is 10.2 Å². The van der Waals surface area contributed by atoms with Crippen LogP contribution in [0.25, 0.3) is 0 Å². The van der Waals surface area contributed by atoms with Crippen LogP contribution in [0.1, 0.15) is 48.8 Å². The van der Waals surface area contributed by atoms with Crippen molar-refractivity contribution in [1.29, 1.82) is 0 Å². The van der Waals surface area contributed by atoms with Crippen molar-refractivity contribution in [2.75, 3.05) is 10.8 Å². The molecule has 1 fully saturated rings. The predicted octanol–water partition coefficient (Wildman–Crippen LogP) is 8.24. The largest absolute Gasteiger partial charge is 0.352 e. The highest BCUT2D eigenvalue weighted by molar-refractivity contribution is 7.92. The summed E-state index contributed by atoms with van der Waals surface area (Å²) >= 11 is 18.9. The molecular weight excluding hydrogens is 689 g/mol. The fourth-order valence-corrected chi connectivity index (χ4v) is 8.10. The first-order valence-corrected chi connectivity index (χ1v) is 18.5. The highest BCUT2D eigenvalue weighted by atomic mass is 35.5. The lowest BCUT2D eigenvalue weighted by molar-refractivity contribution is -0.140. The van der Waals surface area contributed by atoms with Crippen LogP contribution >= 0.6 is 34.8 Å². The number of benzene rings is 4. The molecule has 11 heteroatoms. The quantitative estimate of drug-likeness (QED) is 0.159. The third-order valence-corrected chi connectivity index (χ3v) is 11.3. The standard InChI is InChI=1S/C37H38Cl3N3O4S/c1-26-10-8-9-15-34(26)43(48(46,47)32-20-18-29(38)19-21-32)25-36(44)42(24-28-16-17-30(39)23-33(28)40)35(22-27-11-4-2-5-12-27)37(45)41-31-13-6-3-7-14-31/h2,4-5,8-12,15-21,23,31,35H,3,6-7,13-14,22,24-25H2,1H3,(H,41,45)/t35-/m1/s1. The van der Waals surface area contributed by atoms with Crippen LogP contribution in [0.4, 0.5) is 5.69 Å². The van der Waals surface area contributed by atoms with Crippen LogP contribution in [0.3, 0.4) is 0 Å². The van der Waals surface area contributed by atoms with Crippen molar-refractivity contribution in [2.45, 2.75) is 69.0 Å². The Kier molecular flexibility index (Phi) is 12.1. The number of para-hydroxylation sites is 1. The zero-order valence-electron chi connectivity index (χ0n) is 26.6. The van der Waals surface area contributed by atoms with Crippen molar-refractivity contribution in [2.24, 2.45) is 0 Å². The second-order valence-electron chi connectivity index (χ2n) is 12.1. The first-order valence-electron chi connectivity index (χ1n) is 15.9. The fourth-order valence-electron chi connectivity index (χ4n) is 6.02. The van der Waals surface area contributed by atoms with E-state index in [1.807, 2.05) is 30.3 Å². The molecule has 0 saturated heterocycles. The molecule has 1 saturated carbocycles. The summed E-state index contributed by atoms with van der Waals surface area (Å²) in [5, 5.41) is 4.35. The first-order chi connectivity index (χ1) is 23.0. The number of nitrogens with zero attached hydrogens (tertiary/aromatic N) is 2. The van der Waals surface area contributed by atoms with E-state index in [0.717, 1.165) is 42.0 Å². The van der Waals surface area contributed by atoms with E-state index in [-0.39, 0.29) is 29.8 Å². The maximum absolute atomic E-state index is 14.7. The molecule has 0 radical (unpaired) electrons. The van der Waals surface area contributed by atoms with Crippen LogP contribution in [0.5, 0.6) is 0 Å². The van der Waals surface area contributed by atoms with Gasteiger partial charge in [-0.3, -0.25) is 13.9 Å². The summed E-state index contributed by atoms with van der Waals surface area (Å²) in [6.07, 6.45) is 5.10. The predicted molar refractivity (Wildman–Crippen MR) is 193 cm³/mol. The van der Waals surface area contributed by atoms with Gasteiger partial charge < -0.3 is 10.2 Å². The lowest BCUT2D eigenvalue weighted by Gasteiger charge is -2.35. The number of sulfonamides is 1. The van der Waals surface area contributed by atoms with Crippen LogP contribution in [-0.4, -0.2) is 43.8 Å². The number of halogens is 3. The summed E-state index contributed by atoms with van der Waals surface area (Å²) < 4.78 is 29.6. The van der Waals surface area contributed by atoms with Crippen molar-refractivity contribution in [3.05, 3.63) is 129 Å². The van der Waals surface area contributed by atoms with Gasteiger partial charge in [-0.15, -0.1) is 0 Å². The third kappa shape index (κ3) is 8.91. The van der Waals surface area contributed by atoms with E-state index in [9.17, 15) is 18.0 Å². The topological polar surface area (TPSA) is 86.8 Å². The highest BCUT2D eigenvalue weighted by Gasteiger charge is 2.36. The number of carbonyl (C=O) groups excluding carboxylic acids is 2. The molecule has 1 aliphatic rings. The number of rotatable bonds is 12. The maximum Gasteiger partial charge on any atom is 0.264 e. The summed E-state index contributed by atoms with van der Waals surface area (Å²) in [5.74, 6) is -0.867. The van der Waals surface area contributed by atoms with E-state index < -0.39 is 28.5 Å². The number of amides is 2. The van der Waals surface area contributed by atoms with Crippen molar-refractivity contribution < 1.29 is 18.0 Å². The molecule has 2 amide bonds. The van der Waals surface area contributed by atoms with Crippen molar-refractivity contribution in [3.63, 3.8) is 0 Å². The molecule has 5 rings (SSSR count). The summed E-state index contributed by atoms with van der Waals surface area (Å²) in [5.41, 5.74) is 2.43. The summed E-state index contributed by atoms with van der Waals surface area (Å²) in [6, 6.07) is 26.2. The van der Waals surface area contributed by atoms with Crippen LogP contribution < -0.4 is 9.62 Å². The molecule has 0 aromatic heterocycles. The normalized spacial score (nSPS) is 14.2. The van der Waals surface area contributed by atoms with E-state index in [1.165, 1.54) is 29.2 Å². The number of anilines is 1. The average Bonchev–Trinajstić information content (AvgIpc) is 3.07. The number of hydrogen-bond donors (Lipinski definition) is 1. The van der Waals surface area contributed by atoms with Crippen LogP contribution in [0.15, 0.2) is 102 Å². The molecule has 0 aliphatic heterocycles. The van der Waals surface area contributed by atoms with Gasteiger partial charge in [-0.05, 0) is 78.9 Å². The minimum Gasteiger partial charge on any atom is -0.352 e. The number of aryl methyl sites for hydroxylation is 1. The zero-order valence-corrected chi connectivity index (χ0v) is 29.7. The highest BCUT2D eigenvalue weighted by Crippen LogP contribution is 2.29. The minimum atomic E-state index is -4.25. The monoisotopic (exact) mass is 725 g/mol. The Bertz CT molecular complexity index is 1830. The van der Waals surface area contributed by atoms with Gasteiger partial charge in [-0.1, -0.05) is 109 Å². The Morgan fingerprint density at radius 3 is 2.15 bits per heavy atom. The van der Waals surface area contributed by atoms with Crippen LogP contribution in [0, 0.1) is 6.92 Å². The van der Waals surface area contributed by atoms with E-state index in [2.05, 4.69) is 5.32 Å². The Morgan fingerprint density at radius 2 is 1.48 bits per heavy atom. The van der Waals surface area contributed by atoms with Gasteiger partial charge in [0.15, 0.2) is 0 Å². The Morgan fingerprint density at radius 1 is 0.833 bits per heavy atom. The molecule has 48 heavy (non-hydrogen) atoms. The van der Waals surface area contributed by atoms with Gasteiger partial charge in [0, 0.05) is 34.1 Å². The van der Waals surface area contributed by atoms with Gasteiger partial charge in [0.25, 0.3) is 10.0 Å². The van der Waals surface area contributed by atoms with Gasteiger partial charge in [0.2, 0.25) is 11.8 Å².